The van der Waals surface area contributed by atoms with Crippen molar-refractivity contribution >= 4 is 23.7 Å². The second kappa shape index (κ2) is 11.9. The molecule has 4 N–H and O–H groups in total. The molecule has 0 saturated heterocycles. The lowest BCUT2D eigenvalue weighted by molar-refractivity contribution is -0.140. The van der Waals surface area contributed by atoms with Gasteiger partial charge in [0.1, 0.15) is 6.61 Å². The first-order valence-corrected chi connectivity index (χ1v) is 11.1. The monoisotopic (exact) mass is 462 g/mol. The number of hydrogen-bond acceptors (Lipinski definition) is 7. The van der Waals surface area contributed by atoms with E-state index in [-0.39, 0.29) is 19.8 Å². The van der Waals surface area contributed by atoms with Gasteiger partial charge in [0, 0.05) is 30.1 Å². The van der Waals surface area contributed by atoms with E-state index in [0.717, 1.165) is 5.56 Å². The fourth-order valence-electron chi connectivity index (χ4n) is 3.86. The second-order valence-electron chi connectivity index (χ2n) is 7.93. The van der Waals surface area contributed by atoms with Gasteiger partial charge in [0.15, 0.2) is 0 Å². The van der Waals surface area contributed by atoms with Gasteiger partial charge in [0.25, 0.3) is 0 Å². The van der Waals surface area contributed by atoms with E-state index in [2.05, 4.69) is 5.32 Å². The van der Waals surface area contributed by atoms with Gasteiger partial charge in [-0.2, -0.15) is 0 Å². The van der Waals surface area contributed by atoms with Crippen LogP contribution in [0.2, 0.25) is 0 Å². The van der Waals surface area contributed by atoms with E-state index < -0.39 is 17.9 Å². The molecular formula is C27H30N2O5. The largest absolute Gasteiger partial charge is 0.462 e. The van der Waals surface area contributed by atoms with Crippen LogP contribution in [0.3, 0.4) is 0 Å². The summed E-state index contributed by atoms with van der Waals surface area (Å²) in [6.07, 6.45) is 3.96. The Labute approximate surface area is 199 Å². The Hall–Kier alpha value is -3.84. The van der Waals surface area contributed by atoms with Crippen molar-refractivity contribution < 1.29 is 24.2 Å². The number of rotatable bonds is 9. The highest BCUT2D eigenvalue weighted by Gasteiger charge is 2.38. The van der Waals surface area contributed by atoms with Crippen LogP contribution in [-0.4, -0.2) is 36.9 Å². The van der Waals surface area contributed by atoms with Crippen molar-refractivity contribution in [2.75, 3.05) is 25.6 Å². The number of esters is 2. The fraction of sp³-hybridized carbons (Fsp3) is 0.259. The minimum Gasteiger partial charge on any atom is -0.462 e. The number of nitrogen functional groups attached to an aromatic ring is 1. The van der Waals surface area contributed by atoms with Crippen LogP contribution >= 0.6 is 0 Å². The standard InChI is InChI=1S/C27H30N2O5/c1-18-23(26(31)33-15-7-11-20-9-4-3-5-10-20)25(21-12-6-13-22(28)17-21)24(19(2)29-18)27(32)34-16-8-14-30/h3-7,9-13,17,25,29-30H,8,14-16,28H2,1-2H3/b11-7+. The third kappa shape index (κ3) is 6.14. The first-order valence-electron chi connectivity index (χ1n) is 11.1. The number of ether oxygens (including phenoxy) is 2. The molecule has 0 fully saturated rings. The average molecular weight is 463 g/mol. The number of aliphatic hydroxyl groups excluding tert-OH is 1. The minimum absolute atomic E-state index is 0.0719. The first kappa shape index (κ1) is 24.8. The number of carbonyl (C=O) groups is 2. The molecule has 1 aliphatic heterocycles. The summed E-state index contributed by atoms with van der Waals surface area (Å²) in [5.41, 5.74) is 10.0. The molecule has 0 spiro atoms. The quantitative estimate of drug-likeness (QED) is 0.296. The molecule has 7 nitrogen and oxygen atoms in total. The van der Waals surface area contributed by atoms with Crippen molar-refractivity contribution in [2.24, 2.45) is 0 Å². The molecule has 7 heteroatoms. The predicted octanol–water partition coefficient (Wildman–Crippen LogP) is 3.69. The topological polar surface area (TPSA) is 111 Å². The van der Waals surface area contributed by atoms with Gasteiger partial charge >= 0.3 is 11.9 Å². The summed E-state index contributed by atoms with van der Waals surface area (Å²) in [7, 11) is 0. The average Bonchev–Trinajstić information content (AvgIpc) is 2.82. The highest BCUT2D eigenvalue weighted by atomic mass is 16.5. The van der Waals surface area contributed by atoms with Crippen LogP contribution < -0.4 is 11.1 Å². The maximum Gasteiger partial charge on any atom is 0.337 e. The van der Waals surface area contributed by atoms with E-state index in [0.29, 0.717) is 40.2 Å². The molecule has 2 aromatic rings. The van der Waals surface area contributed by atoms with Crippen molar-refractivity contribution in [3.05, 3.63) is 94.3 Å². The fourth-order valence-corrected chi connectivity index (χ4v) is 3.86. The zero-order valence-corrected chi connectivity index (χ0v) is 19.4. The Kier molecular flexibility index (Phi) is 8.65. The maximum absolute atomic E-state index is 13.2. The zero-order chi connectivity index (χ0) is 24.5. The lowest BCUT2D eigenvalue weighted by atomic mass is 9.80. The highest BCUT2D eigenvalue weighted by Crippen LogP contribution is 2.39. The minimum atomic E-state index is -0.711. The second-order valence-corrected chi connectivity index (χ2v) is 7.93. The highest BCUT2D eigenvalue weighted by molar-refractivity contribution is 6.00. The number of benzene rings is 2. The molecule has 2 aromatic carbocycles. The normalized spacial score (nSPS) is 15.9. The summed E-state index contributed by atoms with van der Waals surface area (Å²) < 4.78 is 10.9. The smallest absolute Gasteiger partial charge is 0.337 e. The van der Waals surface area contributed by atoms with Crippen LogP contribution in [0.15, 0.2) is 83.2 Å². The number of nitrogens with one attached hydrogen (secondary N) is 1. The number of dihydropyridines is 1. The summed E-state index contributed by atoms with van der Waals surface area (Å²) >= 11 is 0. The Morgan fingerprint density at radius 2 is 1.68 bits per heavy atom. The van der Waals surface area contributed by atoms with Crippen molar-refractivity contribution in [3.8, 4) is 0 Å². The van der Waals surface area contributed by atoms with Gasteiger partial charge in [-0.05, 0) is 43.2 Å². The van der Waals surface area contributed by atoms with E-state index in [1.807, 2.05) is 42.5 Å². The molecule has 1 unspecified atom stereocenters. The lowest BCUT2D eigenvalue weighted by Gasteiger charge is -2.30. The Bertz CT molecular complexity index is 1120. The van der Waals surface area contributed by atoms with Crippen LogP contribution in [0.25, 0.3) is 6.08 Å². The Morgan fingerprint density at radius 3 is 2.32 bits per heavy atom. The molecule has 0 bridgehead atoms. The summed E-state index contributed by atoms with van der Waals surface area (Å²) in [6, 6.07) is 16.8. The van der Waals surface area contributed by atoms with Gasteiger partial charge in [-0.3, -0.25) is 0 Å². The van der Waals surface area contributed by atoms with Gasteiger partial charge in [0.05, 0.1) is 23.7 Å². The van der Waals surface area contributed by atoms with Gasteiger partial charge in [0.2, 0.25) is 0 Å². The van der Waals surface area contributed by atoms with E-state index >= 15 is 0 Å². The van der Waals surface area contributed by atoms with Crippen molar-refractivity contribution in [2.45, 2.75) is 26.2 Å². The third-order valence-electron chi connectivity index (χ3n) is 5.40. The Morgan fingerprint density at radius 1 is 1.00 bits per heavy atom. The molecule has 0 amide bonds. The van der Waals surface area contributed by atoms with E-state index in [9.17, 15) is 9.59 Å². The number of carbonyl (C=O) groups excluding carboxylic acids is 2. The molecule has 3 rings (SSSR count). The number of aliphatic hydroxyl groups is 1. The number of anilines is 1. The summed E-state index contributed by atoms with van der Waals surface area (Å²) in [6.45, 7) is 3.59. The molecule has 1 heterocycles. The van der Waals surface area contributed by atoms with E-state index in [1.165, 1.54) is 0 Å². The summed E-state index contributed by atoms with van der Waals surface area (Å²) in [4.78, 5) is 26.3. The zero-order valence-electron chi connectivity index (χ0n) is 19.4. The van der Waals surface area contributed by atoms with Crippen LogP contribution in [0.1, 0.15) is 37.3 Å². The molecule has 0 saturated carbocycles. The summed E-state index contributed by atoms with van der Waals surface area (Å²) in [5.74, 6) is -1.81. The maximum atomic E-state index is 13.2. The molecule has 0 aromatic heterocycles. The Balaban J connectivity index is 1.88. The van der Waals surface area contributed by atoms with Gasteiger partial charge < -0.3 is 25.6 Å². The van der Waals surface area contributed by atoms with Gasteiger partial charge in [-0.25, -0.2) is 9.59 Å². The lowest BCUT2D eigenvalue weighted by Crippen LogP contribution is -2.32. The number of hydrogen-bond donors (Lipinski definition) is 3. The van der Waals surface area contributed by atoms with E-state index in [4.69, 9.17) is 20.3 Å². The molecule has 0 radical (unpaired) electrons. The van der Waals surface area contributed by atoms with Crippen molar-refractivity contribution in [3.63, 3.8) is 0 Å². The van der Waals surface area contributed by atoms with Gasteiger partial charge in [-0.15, -0.1) is 0 Å². The SMILES string of the molecule is CC1=C(C(=O)OC/C=C/c2ccccc2)C(c2cccc(N)c2)C(C(=O)OCCCO)=C(C)N1. The molecular weight excluding hydrogens is 432 g/mol. The van der Waals surface area contributed by atoms with Gasteiger partial charge in [-0.1, -0.05) is 48.5 Å². The molecule has 0 aliphatic carbocycles. The van der Waals surface area contributed by atoms with Crippen LogP contribution in [-0.2, 0) is 19.1 Å². The third-order valence-corrected chi connectivity index (χ3v) is 5.40. The van der Waals surface area contributed by atoms with Crippen LogP contribution in [0.4, 0.5) is 5.69 Å². The van der Waals surface area contributed by atoms with Crippen LogP contribution in [0, 0.1) is 0 Å². The summed E-state index contributed by atoms with van der Waals surface area (Å²) in [5, 5.41) is 12.1. The van der Waals surface area contributed by atoms with Crippen LogP contribution in [0.5, 0.6) is 0 Å². The van der Waals surface area contributed by atoms with E-state index in [1.54, 1.807) is 38.1 Å². The molecule has 1 aliphatic rings. The van der Waals surface area contributed by atoms with Crippen molar-refractivity contribution in [1.82, 2.24) is 5.32 Å². The first-order chi connectivity index (χ1) is 16.4. The predicted molar refractivity (Wildman–Crippen MR) is 131 cm³/mol. The molecule has 1 atom stereocenters. The number of allylic oxidation sites excluding steroid dienone is 2. The molecule has 34 heavy (non-hydrogen) atoms. The van der Waals surface area contributed by atoms with Crippen molar-refractivity contribution in [1.29, 1.82) is 0 Å². The molecule has 178 valence electrons. The number of nitrogens with two attached hydrogens (primary N) is 1.